The van der Waals surface area contributed by atoms with Crippen LogP contribution in [0.5, 0.6) is 5.75 Å². The summed E-state index contributed by atoms with van der Waals surface area (Å²) in [5, 5.41) is 2.44. The van der Waals surface area contributed by atoms with Gasteiger partial charge in [-0.1, -0.05) is 36.4 Å². The van der Waals surface area contributed by atoms with Crippen molar-refractivity contribution in [3.63, 3.8) is 0 Å². The largest absolute Gasteiger partial charge is 0.497 e. The Bertz CT molecular complexity index is 935. The Morgan fingerprint density at radius 1 is 0.952 bits per heavy atom. The number of imidazole rings is 1. The summed E-state index contributed by atoms with van der Waals surface area (Å²) in [5.74, 6) is 0.825. The topological polar surface area (TPSA) is 27.1 Å². The van der Waals surface area contributed by atoms with Gasteiger partial charge in [0.1, 0.15) is 12.1 Å². The van der Waals surface area contributed by atoms with Gasteiger partial charge in [0.15, 0.2) is 0 Å². The van der Waals surface area contributed by atoms with E-state index in [1.54, 1.807) is 7.11 Å². The highest BCUT2D eigenvalue weighted by atomic mass is 16.5. The van der Waals surface area contributed by atoms with Crippen LogP contribution in [0, 0.1) is 0 Å². The van der Waals surface area contributed by atoms with Crippen molar-refractivity contribution in [3.8, 4) is 11.4 Å². The van der Waals surface area contributed by atoms with Crippen molar-refractivity contribution < 1.29 is 4.74 Å². The van der Waals surface area contributed by atoms with Gasteiger partial charge in [-0.05, 0) is 23.6 Å². The number of fused-ring (bicyclic) bond motifs is 2. The molecule has 4 aromatic rings. The Morgan fingerprint density at radius 2 is 1.81 bits per heavy atom. The summed E-state index contributed by atoms with van der Waals surface area (Å²) in [6, 6.07) is 20.7. The molecule has 0 aliphatic heterocycles. The Morgan fingerprint density at radius 3 is 2.71 bits per heavy atom. The van der Waals surface area contributed by atoms with E-state index in [0.29, 0.717) is 0 Å². The smallest absolute Gasteiger partial charge is 0.121 e. The molecular formula is C18H14N2O. The molecule has 0 fully saturated rings. The molecule has 0 radical (unpaired) electrons. The minimum absolute atomic E-state index is 0.825. The van der Waals surface area contributed by atoms with Crippen LogP contribution in [0.2, 0.25) is 0 Å². The maximum Gasteiger partial charge on any atom is 0.121 e. The van der Waals surface area contributed by atoms with Crippen LogP contribution in [0.15, 0.2) is 67.0 Å². The lowest BCUT2D eigenvalue weighted by Crippen LogP contribution is -1.93. The first-order valence-electron chi connectivity index (χ1n) is 6.86. The number of nitrogens with zero attached hydrogens (tertiary/aromatic N) is 2. The lowest BCUT2D eigenvalue weighted by atomic mass is 10.1. The average Bonchev–Trinajstić information content (AvgIpc) is 2.97. The molecule has 0 unspecified atom stereocenters. The zero-order valence-corrected chi connectivity index (χ0v) is 11.7. The lowest BCUT2D eigenvalue weighted by molar-refractivity contribution is 0.415. The molecule has 4 rings (SSSR count). The van der Waals surface area contributed by atoms with Crippen molar-refractivity contribution >= 4 is 21.8 Å². The van der Waals surface area contributed by atoms with Gasteiger partial charge in [-0.3, -0.25) is 4.57 Å². The average molecular weight is 274 g/mol. The van der Waals surface area contributed by atoms with E-state index in [1.807, 2.05) is 24.5 Å². The molecule has 3 aromatic carbocycles. The summed E-state index contributed by atoms with van der Waals surface area (Å²) < 4.78 is 7.38. The number of hydrogen-bond donors (Lipinski definition) is 0. The number of aromatic nitrogens is 2. The normalized spacial score (nSPS) is 11.1. The van der Waals surface area contributed by atoms with Crippen molar-refractivity contribution in [2.45, 2.75) is 0 Å². The summed E-state index contributed by atoms with van der Waals surface area (Å²) >= 11 is 0. The summed E-state index contributed by atoms with van der Waals surface area (Å²) in [6.07, 6.45) is 1.87. The van der Waals surface area contributed by atoms with E-state index in [2.05, 4.69) is 52.0 Å². The molecular weight excluding hydrogens is 260 g/mol. The molecule has 0 atom stereocenters. The van der Waals surface area contributed by atoms with Gasteiger partial charge in [0, 0.05) is 11.5 Å². The lowest BCUT2D eigenvalue weighted by Gasteiger charge is -2.09. The van der Waals surface area contributed by atoms with Crippen LogP contribution in [-0.2, 0) is 0 Å². The fourth-order valence-corrected chi connectivity index (χ4v) is 2.73. The summed E-state index contributed by atoms with van der Waals surface area (Å²) in [6.45, 7) is 0. The highest BCUT2D eigenvalue weighted by Gasteiger charge is 2.08. The Balaban J connectivity index is 2.01. The Hall–Kier alpha value is -2.81. The van der Waals surface area contributed by atoms with Crippen molar-refractivity contribution in [2.24, 2.45) is 0 Å². The van der Waals surface area contributed by atoms with Gasteiger partial charge in [0.05, 0.1) is 23.8 Å². The van der Waals surface area contributed by atoms with Gasteiger partial charge in [-0.2, -0.15) is 0 Å². The van der Waals surface area contributed by atoms with Gasteiger partial charge in [-0.25, -0.2) is 4.98 Å². The minimum Gasteiger partial charge on any atom is -0.497 e. The molecule has 0 spiro atoms. The Labute approximate surface area is 122 Å². The molecule has 0 bridgehead atoms. The van der Waals surface area contributed by atoms with Crippen molar-refractivity contribution in [1.29, 1.82) is 0 Å². The first-order chi connectivity index (χ1) is 10.4. The van der Waals surface area contributed by atoms with Gasteiger partial charge in [0.25, 0.3) is 0 Å². The predicted octanol–water partition coefficient (Wildman–Crippen LogP) is 4.19. The molecule has 0 N–H and O–H groups in total. The molecule has 0 saturated heterocycles. The van der Waals surface area contributed by atoms with E-state index in [4.69, 9.17) is 4.74 Å². The maximum absolute atomic E-state index is 5.26. The number of hydrogen-bond acceptors (Lipinski definition) is 2. The first kappa shape index (κ1) is 12.0. The monoisotopic (exact) mass is 274 g/mol. The third-order valence-electron chi connectivity index (χ3n) is 3.78. The van der Waals surface area contributed by atoms with Gasteiger partial charge >= 0.3 is 0 Å². The second-order valence-electron chi connectivity index (χ2n) is 4.97. The molecule has 0 amide bonds. The van der Waals surface area contributed by atoms with Crippen LogP contribution in [0.4, 0.5) is 0 Å². The standard InChI is InChI=1S/C18H14N2O/c1-21-14-9-10-18-16(11-14)19-12-20(18)17-8-4-6-13-5-2-3-7-15(13)17/h2-12H,1H3. The molecule has 102 valence electrons. The minimum atomic E-state index is 0.825. The molecule has 1 heterocycles. The van der Waals surface area contributed by atoms with Crippen LogP contribution in [0.1, 0.15) is 0 Å². The number of rotatable bonds is 2. The van der Waals surface area contributed by atoms with Gasteiger partial charge in [-0.15, -0.1) is 0 Å². The van der Waals surface area contributed by atoms with Crippen molar-refractivity contribution in [2.75, 3.05) is 7.11 Å². The van der Waals surface area contributed by atoms with E-state index < -0.39 is 0 Å². The molecule has 21 heavy (non-hydrogen) atoms. The number of benzene rings is 3. The zero-order chi connectivity index (χ0) is 14.2. The van der Waals surface area contributed by atoms with Crippen LogP contribution in [0.3, 0.4) is 0 Å². The van der Waals surface area contributed by atoms with Crippen molar-refractivity contribution in [3.05, 3.63) is 67.0 Å². The summed E-state index contributed by atoms with van der Waals surface area (Å²) in [4.78, 5) is 4.49. The van der Waals surface area contributed by atoms with Gasteiger partial charge < -0.3 is 4.74 Å². The maximum atomic E-state index is 5.26. The molecule has 0 saturated carbocycles. The number of ether oxygens (including phenoxy) is 1. The van der Waals surface area contributed by atoms with E-state index in [-0.39, 0.29) is 0 Å². The Kier molecular flexibility index (Phi) is 2.64. The zero-order valence-electron chi connectivity index (χ0n) is 11.7. The summed E-state index contributed by atoms with van der Waals surface area (Å²) in [5.41, 5.74) is 3.15. The van der Waals surface area contributed by atoms with E-state index in [0.717, 1.165) is 22.5 Å². The van der Waals surface area contributed by atoms with E-state index in [1.165, 1.54) is 10.8 Å². The van der Waals surface area contributed by atoms with Crippen LogP contribution in [-0.4, -0.2) is 16.7 Å². The second-order valence-corrected chi connectivity index (χ2v) is 4.97. The molecule has 0 aliphatic rings. The van der Waals surface area contributed by atoms with Crippen molar-refractivity contribution in [1.82, 2.24) is 9.55 Å². The third kappa shape index (κ3) is 1.86. The first-order valence-corrected chi connectivity index (χ1v) is 6.86. The van der Waals surface area contributed by atoms with Crippen LogP contribution in [0.25, 0.3) is 27.5 Å². The highest BCUT2D eigenvalue weighted by Crippen LogP contribution is 2.27. The second kappa shape index (κ2) is 4.63. The van der Waals surface area contributed by atoms with E-state index >= 15 is 0 Å². The third-order valence-corrected chi connectivity index (χ3v) is 3.78. The van der Waals surface area contributed by atoms with E-state index in [9.17, 15) is 0 Å². The van der Waals surface area contributed by atoms with Gasteiger partial charge in [0.2, 0.25) is 0 Å². The fourth-order valence-electron chi connectivity index (χ4n) is 2.73. The highest BCUT2D eigenvalue weighted by molar-refractivity contribution is 5.92. The molecule has 3 heteroatoms. The number of methoxy groups -OCH3 is 1. The molecule has 0 aliphatic carbocycles. The SMILES string of the molecule is COc1ccc2c(c1)ncn2-c1cccc2ccccc12. The molecule has 1 aromatic heterocycles. The van der Waals surface area contributed by atoms with Crippen LogP contribution >= 0.6 is 0 Å². The quantitative estimate of drug-likeness (QED) is 0.548. The van der Waals surface area contributed by atoms with Crippen LogP contribution < -0.4 is 4.74 Å². The molecule has 3 nitrogen and oxygen atoms in total. The predicted molar refractivity (Wildman–Crippen MR) is 85.1 cm³/mol. The summed E-state index contributed by atoms with van der Waals surface area (Å²) in [7, 11) is 1.67. The fraction of sp³-hybridized carbons (Fsp3) is 0.0556.